The molecule has 2 aromatic carbocycles. The van der Waals surface area contributed by atoms with Gasteiger partial charge in [-0.1, -0.05) is 54.6 Å². The Morgan fingerprint density at radius 1 is 1.00 bits per heavy atom. The predicted molar refractivity (Wildman–Crippen MR) is 115 cm³/mol. The van der Waals surface area contributed by atoms with Crippen LogP contribution in [0.15, 0.2) is 90.1 Å². The summed E-state index contributed by atoms with van der Waals surface area (Å²) in [5.41, 5.74) is 2.96. The van der Waals surface area contributed by atoms with Crippen molar-refractivity contribution in [3.8, 4) is 5.75 Å². The van der Waals surface area contributed by atoms with E-state index in [-0.39, 0.29) is 5.75 Å². The molecule has 0 aliphatic heterocycles. The number of furan rings is 1. The largest absolute Gasteiger partial charge is 0.508 e. The van der Waals surface area contributed by atoms with Gasteiger partial charge in [-0.3, -0.25) is 0 Å². The van der Waals surface area contributed by atoms with Gasteiger partial charge in [-0.25, -0.2) is 0 Å². The van der Waals surface area contributed by atoms with Crippen molar-refractivity contribution >= 4 is 11.6 Å². The minimum absolute atomic E-state index is 0.208. The lowest BCUT2D eigenvalue weighted by molar-refractivity contribution is 0.0214. The molecule has 1 aromatic heterocycles. The first-order valence-corrected chi connectivity index (χ1v) is 9.65. The molecular weight excluding hydrogens is 364 g/mol. The molecule has 1 heterocycles. The lowest BCUT2D eigenvalue weighted by Crippen LogP contribution is -2.24. The zero-order valence-corrected chi connectivity index (χ0v) is 16.2. The number of allylic oxidation sites excluding steroid dienone is 1. The predicted octanol–water partition coefficient (Wildman–Crippen LogP) is 5.20. The van der Waals surface area contributed by atoms with E-state index < -0.39 is 18.1 Å². The van der Waals surface area contributed by atoms with Crippen molar-refractivity contribution in [2.75, 3.05) is 0 Å². The van der Waals surface area contributed by atoms with Crippen LogP contribution in [0, 0.1) is 5.92 Å². The Hall–Kier alpha value is -3.08. The minimum Gasteiger partial charge on any atom is -0.508 e. The molecule has 0 amide bonds. The highest BCUT2D eigenvalue weighted by Crippen LogP contribution is 2.31. The average Bonchev–Trinajstić information content (AvgIpc) is 3.27. The van der Waals surface area contributed by atoms with Gasteiger partial charge in [0.15, 0.2) is 0 Å². The minimum atomic E-state index is -0.951. The Morgan fingerprint density at radius 2 is 1.79 bits per heavy atom. The molecule has 29 heavy (non-hydrogen) atoms. The normalized spacial score (nSPS) is 14.9. The lowest BCUT2D eigenvalue weighted by atomic mass is 9.89. The van der Waals surface area contributed by atoms with Crippen molar-refractivity contribution in [1.29, 1.82) is 0 Å². The lowest BCUT2D eigenvalue weighted by Gasteiger charge is -2.24. The summed E-state index contributed by atoms with van der Waals surface area (Å²) in [4.78, 5) is 0. The number of hydrogen-bond acceptors (Lipinski definition) is 4. The summed E-state index contributed by atoms with van der Waals surface area (Å²) < 4.78 is 5.27. The van der Waals surface area contributed by atoms with Gasteiger partial charge in [-0.2, -0.15) is 0 Å². The number of phenolic OH excluding ortho intramolecular Hbond substituents is 1. The molecule has 0 aliphatic carbocycles. The highest BCUT2D eigenvalue weighted by molar-refractivity contribution is 5.81. The van der Waals surface area contributed by atoms with Crippen molar-refractivity contribution in [3.05, 3.63) is 103 Å². The van der Waals surface area contributed by atoms with Gasteiger partial charge >= 0.3 is 0 Å². The number of aliphatic hydroxyl groups excluding tert-OH is 2. The maximum atomic E-state index is 10.7. The first kappa shape index (κ1) is 20.6. The Bertz CT molecular complexity index is 928. The van der Waals surface area contributed by atoms with Crippen molar-refractivity contribution in [3.63, 3.8) is 0 Å². The van der Waals surface area contributed by atoms with E-state index in [1.54, 1.807) is 36.4 Å². The van der Waals surface area contributed by atoms with Crippen LogP contribution in [-0.4, -0.2) is 21.4 Å². The monoisotopic (exact) mass is 390 g/mol. The Balaban J connectivity index is 1.78. The van der Waals surface area contributed by atoms with Gasteiger partial charge < -0.3 is 19.7 Å². The van der Waals surface area contributed by atoms with E-state index in [0.29, 0.717) is 18.6 Å². The van der Waals surface area contributed by atoms with E-state index in [4.69, 9.17) is 4.42 Å². The summed E-state index contributed by atoms with van der Waals surface area (Å²) in [5, 5.41) is 31.0. The zero-order valence-electron chi connectivity index (χ0n) is 16.2. The van der Waals surface area contributed by atoms with E-state index in [0.717, 1.165) is 16.7 Å². The highest BCUT2D eigenvalue weighted by atomic mass is 16.4. The standard InChI is InChI=1S/C25H26O4/c1-2-22(25(28)24-12-7-15-29-24)23(27)14-13-20(19-9-4-3-5-10-19)16-18-8-6-11-21(26)17-18/h2-12,15-17,22-23,25-28H,1,13-14H2/b20-16-/t22-,23-,25+/m1/s1. The van der Waals surface area contributed by atoms with Gasteiger partial charge in [0.05, 0.1) is 12.4 Å². The third-order valence-electron chi connectivity index (χ3n) is 4.98. The summed E-state index contributed by atoms with van der Waals surface area (Å²) in [7, 11) is 0. The maximum Gasteiger partial charge on any atom is 0.132 e. The van der Waals surface area contributed by atoms with E-state index in [1.807, 2.05) is 42.5 Å². The molecule has 0 saturated carbocycles. The number of aliphatic hydroxyl groups is 2. The van der Waals surface area contributed by atoms with E-state index in [1.165, 1.54) is 6.26 Å². The third-order valence-corrected chi connectivity index (χ3v) is 4.98. The van der Waals surface area contributed by atoms with Crippen molar-refractivity contribution < 1.29 is 19.7 Å². The summed E-state index contributed by atoms with van der Waals surface area (Å²) in [5.74, 6) is 0.0750. The molecule has 3 aromatic rings. The molecule has 4 heteroatoms. The fourth-order valence-corrected chi connectivity index (χ4v) is 3.41. The fraction of sp³-hybridized carbons (Fsp3) is 0.200. The molecule has 0 spiro atoms. The van der Waals surface area contributed by atoms with E-state index >= 15 is 0 Å². The molecule has 0 aliphatic rings. The third kappa shape index (κ3) is 5.47. The molecule has 3 atom stereocenters. The summed E-state index contributed by atoms with van der Waals surface area (Å²) >= 11 is 0. The van der Waals surface area contributed by atoms with Gasteiger partial charge in [-0.15, -0.1) is 6.58 Å². The van der Waals surface area contributed by atoms with Crippen LogP contribution in [0.3, 0.4) is 0 Å². The number of rotatable bonds is 9. The molecule has 0 unspecified atom stereocenters. The van der Waals surface area contributed by atoms with Gasteiger partial charge in [0.2, 0.25) is 0 Å². The summed E-state index contributed by atoms with van der Waals surface area (Å²) in [6, 6.07) is 20.4. The van der Waals surface area contributed by atoms with Gasteiger partial charge in [0.25, 0.3) is 0 Å². The number of aromatic hydroxyl groups is 1. The van der Waals surface area contributed by atoms with Crippen LogP contribution in [0.5, 0.6) is 5.75 Å². The van der Waals surface area contributed by atoms with E-state index in [9.17, 15) is 15.3 Å². The fourth-order valence-electron chi connectivity index (χ4n) is 3.41. The maximum absolute atomic E-state index is 10.7. The molecule has 3 rings (SSSR count). The zero-order chi connectivity index (χ0) is 20.6. The second-order valence-electron chi connectivity index (χ2n) is 7.01. The molecule has 0 saturated heterocycles. The average molecular weight is 390 g/mol. The summed E-state index contributed by atoms with van der Waals surface area (Å²) in [6.45, 7) is 3.77. The Labute approximate surface area is 171 Å². The van der Waals surface area contributed by atoms with E-state index in [2.05, 4.69) is 6.58 Å². The molecule has 0 bridgehead atoms. The quantitative estimate of drug-likeness (QED) is 0.347. The Kier molecular flexibility index (Phi) is 7.06. The topological polar surface area (TPSA) is 73.8 Å². The molecule has 4 nitrogen and oxygen atoms in total. The van der Waals surface area contributed by atoms with Crippen LogP contribution in [0.25, 0.3) is 11.6 Å². The Morgan fingerprint density at radius 3 is 2.45 bits per heavy atom. The van der Waals surface area contributed by atoms with Crippen LogP contribution in [-0.2, 0) is 0 Å². The SMILES string of the molecule is C=C[C@H]([C@H](O)CC/C(=C/c1cccc(O)c1)c1ccccc1)[C@H](O)c1ccco1. The molecule has 0 fully saturated rings. The van der Waals surface area contributed by atoms with Crippen LogP contribution < -0.4 is 0 Å². The number of hydrogen-bond donors (Lipinski definition) is 3. The van der Waals surface area contributed by atoms with Crippen LogP contribution in [0.4, 0.5) is 0 Å². The van der Waals surface area contributed by atoms with Crippen molar-refractivity contribution in [2.45, 2.75) is 25.0 Å². The number of phenols is 1. The van der Waals surface area contributed by atoms with Gasteiger partial charge in [-0.05, 0) is 53.8 Å². The van der Waals surface area contributed by atoms with Gasteiger partial charge in [0, 0.05) is 5.92 Å². The van der Waals surface area contributed by atoms with Gasteiger partial charge in [0.1, 0.15) is 17.6 Å². The first-order valence-electron chi connectivity index (χ1n) is 9.65. The number of benzene rings is 2. The first-order chi connectivity index (χ1) is 14.1. The van der Waals surface area contributed by atoms with Crippen LogP contribution in [0.1, 0.15) is 35.8 Å². The van der Waals surface area contributed by atoms with Crippen molar-refractivity contribution in [1.82, 2.24) is 0 Å². The summed E-state index contributed by atoms with van der Waals surface area (Å²) in [6.07, 6.45) is 4.37. The highest BCUT2D eigenvalue weighted by Gasteiger charge is 2.27. The molecule has 150 valence electrons. The second kappa shape index (κ2) is 9.92. The van der Waals surface area contributed by atoms with Crippen molar-refractivity contribution in [2.24, 2.45) is 5.92 Å². The second-order valence-corrected chi connectivity index (χ2v) is 7.01. The van der Waals surface area contributed by atoms with Crippen LogP contribution in [0.2, 0.25) is 0 Å². The smallest absolute Gasteiger partial charge is 0.132 e. The molecule has 3 N–H and O–H groups in total. The molecule has 0 radical (unpaired) electrons. The molecular formula is C25H26O4. The van der Waals surface area contributed by atoms with Crippen LogP contribution >= 0.6 is 0 Å².